The van der Waals surface area contributed by atoms with Gasteiger partial charge in [0.05, 0.1) is 11.8 Å². The van der Waals surface area contributed by atoms with Crippen LogP contribution in [0, 0.1) is 35.5 Å². The largest absolute Gasteiger partial charge is 0.381 e. The third-order valence-corrected chi connectivity index (χ3v) is 7.65. The number of halogens is 1. The second-order valence-electron chi connectivity index (χ2n) is 9.17. The summed E-state index contributed by atoms with van der Waals surface area (Å²) < 4.78 is 0. The number of carbonyl (C=O) groups excluding carboxylic acids is 3. The molecule has 32 heavy (non-hydrogen) atoms. The summed E-state index contributed by atoms with van der Waals surface area (Å²) >= 11 is 6.00. The fraction of sp³-hybridized carbons (Fsp3) is 0.320. The zero-order valence-corrected chi connectivity index (χ0v) is 18.0. The fourth-order valence-corrected chi connectivity index (χ4v) is 6.00. The summed E-state index contributed by atoms with van der Waals surface area (Å²) in [4.78, 5) is 38.8. The first-order chi connectivity index (χ1) is 15.5. The maximum atomic E-state index is 13.0. The van der Waals surface area contributed by atoms with Crippen LogP contribution < -0.4 is 10.7 Å². The van der Waals surface area contributed by atoms with Gasteiger partial charge in [0.1, 0.15) is 0 Å². The number of anilines is 1. The van der Waals surface area contributed by atoms with Crippen molar-refractivity contribution in [3.8, 4) is 0 Å². The van der Waals surface area contributed by atoms with Crippen molar-refractivity contribution in [3.05, 3.63) is 76.8 Å². The quantitative estimate of drug-likeness (QED) is 0.541. The number of nitrogens with one attached hydrogen (secondary N) is 2. The number of rotatable bonds is 5. The number of hydrogen-bond acceptors (Lipinski definition) is 4. The first-order valence-electron chi connectivity index (χ1n) is 11.0. The SMILES string of the molecule is O=C(NN1C(=O)[C@@H]2[C@H](C1=O)[C@@H]1C=C[C@H]2C2CC21)c1ccc(CNc2cccc(Cl)c2)cc1. The summed E-state index contributed by atoms with van der Waals surface area (Å²) in [6.07, 6.45) is 5.35. The molecule has 4 aliphatic carbocycles. The summed E-state index contributed by atoms with van der Waals surface area (Å²) in [5.74, 6) is -0.272. The zero-order chi connectivity index (χ0) is 22.0. The molecule has 162 valence electrons. The molecule has 2 bridgehead atoms. The van der Waals surface area contributed by atoms with E-state index in [9.17, 15) is 14.4 Å². The Morgan fingerprint density at radius 1 is 0.969 bits per heavy atom. The van der Waals surface area contributed by atoms with Gasteiger partial charge < -0.3 is 5.32 Å². The number of amides is 3. The van der Waals surface area contributed by atoms with Gasteiger partial charge in [0.2, 0.25) is 0 Å². The molecular weight excluding hydrogens is 426 g/mol. The van der Waals surface area contributed by atoms with Crippen LogP contribution in [-0.4, -0.2) is 22.7 Å². The van der Waals surface area contributed by atoms with Gasteiger partial charge in [-0.3, -0.25) is 19.8 Å². The summed E-state index contributed by atoms with van der Waals surface area (Å²) in [6.45, 7) is 0.576. The zero-order valence-electron chi connectivity index (χ0n) is 17.2. The average molecular weight is 448 g/mol. The van der Waals surface area contributed by atoms with Crippen molar-refractivity contribution in [2.75, 3.05) is 5.32 Å². The molecule has 7 heteroatoms. The molecule has 5 aliphatic rings. The Balaban J connectivity index is 1.11. The van der Waals surface area contributed by atoms with Crippen LogP contribution in [0.1, 0.15) is 22.3 Å². The molecule has 0 spiro atoms. The summed E-state index contributed by atoms with van der Waals surface area (Å²) in [5, 5.41) is 4.92. The van der Waals surface area contributed by atoms with Gasteiger partial charge in [-0.2, -0.15) is 5.01 Å². The molecule has 2 unspecified atom stereocenters. The van der Waals surface area contributed by atoms with Crippen molar-refractivity contribution < 1.29 is 14.4 Å². The number of imide groups is 1. The molecule has 0 aromatic heterocycles. The molecule has 1 heterocycles. The fourth-order valence-electron chi connectivity index (χ4n) is 5.81. The van der Waals surface area contributed by atoms with Gasteiger partial charge >= 0.3 is 0 Å². The van der Waals surface area contributed by atoms with Crippen molar-refractivity contribution >= 4 is 35.0 Å². The van der Waals surface area contributed by atoms with E-state index in [1.54, 1.807) is 12.1 Å². The highest BCUT2D eigenvalue weighted by Gasteiger charge is 2.67. The molecule has 2 saturated carbocycles. The van der Waals surface area contributed by atoms with E-state index in [1.807, 2.05) is 36.4 Å². The van der Waals surface area contributed by atoms with Crippen LogP contribution in [-0.2, 0) is 16.1 Å². The Morgan fingerprint density at radius 2 is 1.62 bits per heavy atom. The number of allylic oxidation sites excluding steroid dienone is 2. The number of benzene rings is 2. The van der Waals surface area contributed by atoms with Crippen molar-refractivity contribution in [3.63, 3.8) is 0 Å². The lowest BCUT2D eigenvalue weighted by atomic mass is 9.63. The number of hydrazine groups is 1. The molecule has 1 aliphatic heterocycles. The second kappa shape index (κ2) is 7.20. The molecule has 3 amide bonds. The molecule has 2 aromatic carbocycles. The Labute approximate surface area is 190 Å². The molecule has 2 aromatic rings. The van der Waals surface area contributed by atoms with Gasteiger partial charge in [0, 0.05) is 22.8 Å². The average Bonchev–Trinajstić information content (AvgIpc) is 3.59. The maximum absolute atomic E-state index is 13.0. The Morgan fingerprint density at radius 3 is 2.25 bits per heavy atom. The Kier molecular flexibility index (Phi) is 4.40. The lowest BCUT2D eigenvalue weighted by molar-refractivity contribution is -0.143. The monoisotopic (exact) mass is 447 g/mol. The van der Waals surface area contributed by atoms with Crippen LogP contribution in [0.15, 0.2) is 60.7 Å². The minimum absolute atomic E-state index is 0.139. The van der Waals surface area contributed by atoms with Crippen LogP contribution in [0.3, 0.4) is 0 Å². The number of nitrogens with zero attached hydrogens (tertiary/aromatic N) is 1. The number of hydrogen-bond donors (Lipinski definition) is 2. The van der Waals surface area contributed by atoms with Gasteiger partial charge in [0.25, 0.3) is 17.7 Å². The van der Waals surface area contributed by atoms with Crippen LogP contribution in [0.2, 0.25) is 5.02 Å². The Hall–Kier alpha value is -3.12. The number of carbonyl (C=O) groups is 3. The van der Waals surface area contributed by atoms with E-state index in [0.717, 1.165) is 22.7 Å². The van der Waals surface area contributed by atoms with E-state index < -0.39 is 5.91 Å². The third-order valence-electron chi connectivity index (χ3n) is 7.41. The molecule has 2 N–H and O–H groups in total. The van der Waals surface area contributed by atoms with Crippen molar-refractivity contribution in [1.82, 2.24) is 10.4 Å². The Bertz CT molecular complexity index is 1130. The minimum Gasteiger partial charge on any atom is -0.381 e. The molecular formula is C25H22ClN3O3. The van der Waals surface area contributed by atoms with Crippen molar-refractivity contribution in [1.29, 1.82) is 0 Å². The van der Waals surface area contributed by atoms with Crippen molar-refractivity contribution in [2.45, 2.75) is 13.0 Å². The highest BCUT2D eigenvalue weighted by Crippen LogP contribution is 2.65. The molecule has 6 nitrogen and oxygen atoms in total. The van der Waals surface area contributed by atoms with E-state index >= 15 is 0 Å². The van der Waals surface area contributed by atoms with E-state index in [0.29, 0.717) is 29.0 Å². The van der Waals surface area contributed by atoms with Gasteiger partial charge in [-0.05, 0) is 66.0 Å². The van der Waals surface area contributed by atoms with Gasteiger partial charge in [0.15, 0.2) is 0 Å². The highest BCUT2D eigenvalue weighted by atomic mass is 35.5. The molecule has 3 fully saturated rings. The first kappa shape index (κ1) is 19.6. The third kappa shape index (κ3) is 3.05. The van der Waals surface area contributed by atoms with Gasteiger partial charge in [-0.25, -0.2) is 0 Å². The van der Waals surface area contributed by atoms with E-state index in [-0.39, 0.29) is 35.5 Å². The van der Waals surface area contributed by atoms with Crippen LogP contribution in [0.5, 0.6) is 0 Å². The molecule has 1 saturated heterocycles. The first-order valence-corrected chi connectivity index (χ1v) is 11.3. The minimum atomic E-state index is -0.454. The summed E-state index contributed by atoms with van der Waals surface area (Å²) in [5.41, 5.74) is 4.87. The lowest BCUT2D eigenvalue weighted by Crippen LogP contribution is -2.46. The van der Waals surface area contributed by atoms with Gasteiger partial charge in [-0.1, -0.05) is 42.0 Å². The molecule has 7 rings (SSSR count). The highest BCUT2D eigenvalue weighted by molar-refractivity contribution is 6.30. The second-order valence-corrected chi connectivity index (χ2v) is 9.60. The van der Waals surface area contributed by atoms with Gasteiger partial charge in [-0.15, -0.1) is 0 Å². The van der Waals surface area contributed by atoms with Crippen LogP contribution in [0.4, 0.5) is 5.69 Å². The van der Waals surface area contributed by atoms with E-state index in [1.165, 1.54) is 0 Å². The maximum Gasteiger partial charge on any atom is 0.270 e. The standard InChI is InChI=1S/C25H22ClN3O3/c26-15-2-1-3-16(10-15)27-12-13-4-6-14(7-5-13)23(30)28-29-24(31)21-17-8-9-18(20-11-19(17)20)22(21)25(29)32/h1-10,17-22,27H,11-12H2,(H,28,30)/t17-,18+,19?,20?,21-,22+. The topological polar surface area (TPSA) is 78.5 Å². The van der Waals surface area contributed by atoms with Crippen LogP contribution >= 0.6 is 11.6 Å². The molecule has 6 atom stereocenters. The lowest BCUT2D eigenvalue weighted by Gasteiger charge is -2.37. The molecule has 0 radical (unpaired) electrons. The van der Waals surface area contributed by atoms with Crippen molar-refractivity contribution in [2.24, 2.45) is 35.5 Å². The predicted octanol–water partition coefficient (Wildman–Crippen LogP) is 3.65. The normalized spacial score (nSPS) is 31.3. The van der Waals surface area contributed by atoms with E-state index in [2.05, 4.69) is 22.9 Å². The summed E-state index contributed by atoms with van der Waals surface area (Å²) in [7, 11) is 0. The smallest absolute Gasteiger partial charge is 0.270 e. The van der Waals surface area contributed by atoms with E-state index in [4.69, 9.17) is 11.6 Å². The van der Waals surface area contributed by atoms with Crippen LogP contribution in [0.25, 0.3) is 0 Å². The summed E-state index contributed by atoms with van der Waals surface area (Å²) in [6, 6.07) is 14.5. The predicted molar refractivity (Wildman–Crippen MR) is 119 cm³/mol.